The van der Waals surface area contributed by atoms with Gasteiger partial charge in [0.25, 0.3) is 0 Å². The number of β-amino-alcohol motifs (C(OH)–C–C–N with tert-alkyl or cyclic N) is 1. The molecule has 2 aliphatic rings. The third-order valence-electron chi connectivity index (χ3n) is 2.60. The fraction of sp³-hybridized carbons (Fsp3) is 0.889. The third kappa shape index (κ3) is 2.42. The minimum absolute atomic E-state index is 0.129. The van der Waals surface area contributed by atoms with Gasteiger partial charge in [-0.1, -0.05) is 0 Å². The van der Waals surface area contributed by atoms with Crippen LogP contribution in [0.3, 0.4) is 0 Å². The largest absolute Gasteiger partial charge is 0.392 e. The van der Waals surface area contributed by atoms with Crippen LogP contribution in [0.25, 0.3) is 0 Å². The summed E-state index contributed by atoms with van der Waals surface area (Å²) in [6.07, 6.45) is 1.93. The standard InChI is InChI=1S/C9H17N3O/c13-8-2-1-5-12(6-8)7-9-10-3-4-11-9/h8,13H,1-7H2,(H,10,11). The molecule has 4 heteroatoms. The Labute approximate surface area is 78.6 Å². The first kappa shape index (κ1) is 8.97. The number of nitrogens with zero attached hydrogens (tertiary/aromatic N) is 2. The topological polar surface area (TPSA) is 47.9 Å². The van der Waals surface area contributed by atoms with Crippen LogP contribution in [0.1, 0.15) is 12.8 Å². The molecule has 1 fully saturated rings. The van der Waals surface area contributed by atoms with Crippen molar-refractivity contribution in [1.29, 1.82) is 0 Å². The zero-order valence-electron chi connectivity index (χ0n) is 7.87. The van der Waals surface area contributed by atoms with Crippen LogP contribution < -0.4 is 5.32 Å². The van der Waals surface area contributed by atoms with Gasteiger partial charge in [-0.3, -0.25) is 9.89 Å². The van der Waals surface area contributed by atoms with Crippen LogP contribution in [0.5, 0.6) is 0 Å². The Bertz CT molecular complexity index is 205. The molecule has 2 heterocycles. The molecule has 0 bridgehead atoms. The van der Waals surface area contributed by atoms with Gasteiger partial charge in [0, 0.05) is 13.1 Å². The van der Waals surface area contributed by atoms with Crippen molar-refractivity contribution in [2.75, 3.05) is 32.7 Å². The number of aliphatic imine (C=N–C) groups is 1. The van der Waals surface area contributed by atoms with E-state index >= 15 is 0 Å². The van der Waals surface area contributed by atoms with Gasteiger partial charge in [0.15, 0.2) is 0 Å². The van der Waals surface area contributed by atoms with E-state index in [1.54, 1.807) is 0 Å². The van der Waals surface area contributed by atoms with Gasteiger partial charge in [0.2, 0.25) is 0 Å². The van der Waals surface area contributed by atoms with Crippen LogP contribution in [0, 0.1) is 0 Å². The van der Waals surface area contributed by atoms with E-state index in [2.05, 4.69) is 15.2 Å². The molecule has 2 rings (SSSR count). The van der Waals surface area contributed by atoms with Gasteiger partial charge in [-0.15, -0.1) is 0 Å². The number of nitrogens with one attached hydrogen (secondary N) is 1. The van der Waals surface area contributed by atoms with Crippen LogP contribution in [-0.4, -0.2) is 54.7 Å². The molecule has 1 atom stereocenters. The lowest BCUT2D eigenvalue weighted by atomic mass is 10.1. The minimum Gasteiger partial charge on any atom is -0.392 e. The number of aliphatic hydroxyl groups is 1. The molecule has 0 aromatic heterocycles. The van der Waals surface area contributed by atoms with Crippen molar-refractivity contribution in [3.63, 3.8) is 0 Å². The number of hydrogen-bond acceptors (Lipinski definition) is 4. The summed E-state index contributed by atoms with van der Waals surface area (Å²) in [6.45, 7) is 4.67. The summed E-state index contributed by atoms with van der Waals surface area (Å²) in [6, 6.07) is 0. The normalized spacial score (nSPS) is 29.9. The summed E-state index contributed by atoms with van der Waals surface area (Å²) in [4.78, 5) is 6.61. The Balaban J connectivity index is 1.80. The molecule has 0 spiro atoms. The van der Waals surface area contributed by atoms with Crippen LogP contribution in [0.2, 0.25) is 0 Å². The third-order valence-corrected chi connectivity index (χ3v) is 2.60. The molecule has 4 nitrogen and oxygen atoms in total. The molecular formula is C9H17N3O. The highest BCUT2D eigenvalue weighted by Crippen LogP contribution is 2.09. The minimum atomic E-state index is -0.129. The smallest absolute Gasteiger partial charge is 0.111 e. The zero-order chi connectivity index (χ0) is 9.10. The van der Waals surface area contributed by atoms with E-state index in [0.717, 1.165) is 51.4 Å². The monoisotopic (exact) mass is 183 g/mol. The first-order valence-corrected chi connectivity index (χ1v) is 5.02. The lowest BCUT2D eigenvalue weighted by Gasteiger charge is -2.29. The van der Waals surface area contributed by atoms with Gasteiger partial charge in [-0.25, -0.2) is 0 Å². The Morgan fingerprint density at radius 1 is 1.62 bits per heavy atom. The Hall–Kier alpha value is -0.610. The summed E-state index contributed by atoms with van der Waals surface area (Å²) in [5.74, 6) is 1.09. The Morgan fingerprint density at radius 3 is 3.23 bits per heavy atom. The highest BCUT2D eigenvalue weighted by atomic mass is 16.3. The first-order chi connectivity index (χ1) is 6.34. The van der Waals surface area contributed by atoms with Crippen LogP contribution in [-0.2, 0) is 0 Å². The molecule has 0 amide bonds. The van der Waals surface area contributed by atoms with E-state index in [-0.39, 0.29) is 6.10 Å². The van der Waals surface area contributed by atoms with Crippen molar-refractivity contribution in [2.24, 2.45) is 4.99 Å². The van der Waals surface area contributed by atoms with Gasteiger partial charge in [0.05, 0.1) is 19.2 Å². The number of piperidine rings is 1. The van der Waals surface area contributed by atoms with E-state index in [0.29, 0.717) is 0 Å². The molecule has 2 aliphatic heterocycles. The molecule has 2 N–H and O–H groups in total. The first-order valence-electron chi connectivity index (χ1n) is 5.02. The van der Waals surface area contributed by atoms with Crippen molar-refractivity contribution in [3.8, 4) is 0 Å². The Kier molecular flexibility index (Phi) is 2.80. The van der Waals surface area contributed by atoms with Crippen molar-refractivity contribution >= 4 is 5.84 Å². The average molecular weight is 183 g/mol. The van der Waals surface area contributed by atoms with Gasteiger partial charge >= 0.3 is 0 Å². The summed E-state index contributed by atoms with van der Waals surface area (Å²) in [5, 5.41) is 12.7. The number of amidine groups is 1. The summed E-state index contributed by atoms with van der Waals surface area (Å²) in [7, 11) is 0. The van der Waals surface area contributed by atoms with Crippen LogP contribution in [0.15, 0.2) is 4.99 Å². The second-order valence-electron chi connectivity index (χ2n) is 3.79. The van der Waals surface area contributed by atoms with Crippen molar-refractivity contribution in [1.82, 2.24) is 10.2 Å². The molecular weight excluding hydrogens is 166 g/mol. The molecule has 74 valence electrons. The molecule has 0 aliphatic carbocycles. The fourth-order valence-electron chi connectivity index (χ4n) is 1.94. The predicted octanol–water partition coefficient (Wildman–Crippen LogP) is -0.555. The highest BCUT2D eigenvalue weighted by Gasteiger charge is 2.19. The second kappa shape index (κ2) is 4.07. The summed E-state index contributed by atoms with van der Waals surface area (Å²) >= 11 is 0. The highest BCUT2D eigenvalue weighted by molar-refractivity contribution is 5.85. The number of rotatable bonds is 2. The average Bonchev–Trinajstić information content (AvgIpc) is 2.57. The van der Waals surface area contributed by atoms with Crippen molar-refractivity contribution in [3.05, 3.63) is 0 Å². The SMILES string of the molecule is OC1CCCN(CC2=NCCN2)C1. The van der Waals surface area contributed by atoms with Gasteiger partial charge in [-0.2, -0.15) is 0 Å². The Morgan fingerprint density at radius 2 is 2.54 bits per heavy atom. The van der Waals surface area contributed by atoms with E-state index in [4.69, 9.17) is 0 Å². The molecule has 0 saturated carbocycles. The van der Waals surface area contributed by atoms with Gasteiger partial charge < -0.3 is 10.4 Å². The van der Waals surface area contributed by atoms with Crippen molar-refractivity contribution in [2.45, 2.75) is 18.9 Å². The van der Waals surface area contributed by atoms with Crippen LogP contribution in [0.4, 0.5) is 0 Å². The summed E-state index contributed by atoms with van der Waals surface area (Å²) in [5.41, 5.74) is 0. The maximum Gasteiger partial charge on any atom is 0.111 e. The number of hydrogen-bond donors (Lipinski definition) is 2. The maximum absolute atomic E-state index is 9.45. The maximum atomic E-state index is 9.45. The summed E-state index contributed by atoms with van der Waals surface area (Å²) < 4.78 is 0. The lowest BCUT2D eigenvalue weighted by molar-refractivity contribution is 0.0788. The number of aliphatic hydroxyl groups excluding tert-OH is 1. The fourth-order valence-corrected chi connectivity index (χ4v) is 1.94. The second-order valence-corrected chi connectivity index (χ2v) is 3.79. The van der Waals surface area contributed by atoms with Gasteiger partial charge in [0.1, 0.15) is 5.84 Å². The molecule has 13 heavy (non-hydrogen) atoms. The van der Waals surface area contributed by atoms with E-state index in [9.17, 15) is 5.11 Å². The predicted molar refractivity (Wildman–Crippen MR) is 52.0 cm³/mol. The van der Waals surface area contributed by atoms with Crippen molar-refractivity contribution < 1.29 is 5.11 Å². The van der Waals surface area contributed by atoms with E-state index < -0.39 is 0 Å². The van der Waals surface area contributed by atoms with Gasteiger partial charge in [-0.05, 0) is 19.4 Å². The van der Waals surface area contributed by atoms with E-state index in [1.165, 1.54) is 0 Å². The molecule has 0 aromatic carbocycles. The number of likely N-dealkylation sites (tertiary alicyclic amines) is 1. The van der Waals surface area contributed by atoms with Crippen LogP contribution >= 0.6 is 0 Å². The molecule has 1 saturated heterocycles. The molecule has 0 radical (unpaired) electrons. The molecule has 0 aromatic rings. The molecule has 1 unspecified atom stereocenters. The lowest BCUT2D eigenvalue weighted by Crippen LogP contribution is -2.43. The van der Waals surface area contributed by atoms with E-state index in [1.807, 2.05) is 0 Å². The quantitative estimate of drug-likeness (QED) is 0.603. The zero-order valence-corrected chi connectivity index (χ0v) is 7.87.